The Bertz CT molecular complexity index is 443. The predicted octanol–water partition coefficient (Wildman–Crippen LogP) is 2.46. The standard InChI is InChI=1S/C15H16O3/c1-3-4-6-11-13(15(17)18-2)14(16)12-9-7-5-8-10-12/h1,5,7-10,13H,4,6,11H2,2H3. The largest absolute Gasteiger partial charge is 0.468 e. The van der Waals surface area contributed by atoms with Gasteiger partial charge in [0.1, 0.15) is 5.92 Å². The Balaban J connectivity index is 2.80. The van der Waals surface area contributed by atoms with Crippen molar-refractivity contribution < 1.29 is 14.3 Å². The zero-order valence-corrected chi connectivity index (χ0v) is 10.4. The Kier molecular flexibility index (Phi) is 5.66. The molecule has 0 aliphatic carbocycles. The van der Waals surface area contributed by atoms with Crippen molar-refractivity contribution in [2.45, 2.75) is 19.3 Å². The molecule has 0 saturated carbocycles. The van der Waals surface area contributed by atoms with Gasteiger partial charge in [0.2, 0.25) is 0 Å². The molecular weight excluding hydrogens is 228 g/mol. The lowest BCUT2D eigenvalue weighted by Crippen LogP contribution is -2.25. The Morgan fingerprint density at radius 2 is 2.00 bits per heavy atom. The van der Waals surface area contributed by atoms with Gasteiger partial charge >= 0.3 is 5.97 Å². The van der Waals surface area contributed by atoms with Crippen molar-refractivity contribution in [3.63, 3.8) is 0 Å². The second kappa shape index (κ2) is 7.29. The van der Waals surface area contributed by atoms with Crippen LogP contribution >= 0.6 is 0 Å². The number of unbranched alkanes of at least 4 members (excludes halogenated alkanes) is 1. The van der Waals surface area contributed by atoms with Crippen LogP contribution in [0.5, 0.6) is 0 Å². The second-order valence-electron chi connectivity index (χ2n) is 3.90. The summed E-state index contributed by atoms with van der Waals surface area (Å²) in [5.41, 5.74) is 0.522. The van der Waals surface area contributed by atoms with E-state index in [4.69, 9.17) is 6.42 Å². The Morgan fingerprint density at radius 3 is 2.56 bits per heavy atom. The lowest BCUT2D eigenvalue weighted by molar-refractivity contribution is -0.143. The molecule has 1 rings (SSSR count). The van der Waals surface area contributed by atoms with E-state index in [0.29, 0.717) is 24.8 Å². The summed E-state index contributed by atoms with van der Waals surface area (Å²) in [7, 11) is 1.29. The van der Waals surface area contributed by atoms with Crippen molar-refractivity contribution in [1.82, 2.24) is 0 Å². The van der Waals surface area contributed by atoms with E-state index in [1.807, 2.05) is 6.07 Å². The fourth-order valence-electron chi connectivity index (χ4n) is 1.71. The highest BCUT2D eigenvalue weighted by Gasteiger charge is 2.27. The summed E-state index contributed by atoms with van der Waals surface area (Å²) < 4.78 is 4.67. The Hall–Kier alpha value is -2.08. The molecule has 0 bridgehead atoms. The number of rotatable bonds is 6. The van der Waals surface area contributed by atoms with E-state index >= 15 is 0 Å². The van der Waals surface area contributed by atoms with E-state index in [9.17, 15) is 9.59 Å². The highest BCUT2D eigenvalue weighted by molar-refractivity contribution is 6.08. The number of carbonyl (C=O) groups excluding carboxylic acids is 2. The molecule has 0 radical (unpaired) electrons. The highest BCUT2D eigenvalue weighted by atomic mass is 16.5. The van der Waals surface area contributed by atoms with Crippen LogP contribution in [-0.2, 0) is 9.53 Å². The fraction of sp³-hybridized carbons (Fsp3) is 0.333. The van der Waals surface area contributed by atoms with Gasteiger partial charge in [-0.25, -0.2) is 0 Å². The number of methoxy groups -OCH3 is 1. The molecular formula is C15H16O3. The van der Waals surface area contributed by atoms with E-state index < -0.39 is 11.9 Å². The minimum atomic E-state index is -0.759. The van der Waals surface area contributed by atoms with Crippen molar-refractivity contribution in [3.05, 3.63) is 35.9 Å². The van der Waals surface area contributed by atoms with Crippen LogP contribution in [0.25, 0.3) is 0 Å². The summed E-state index contributed by atoms with van der Waals surface area (Å²) in [5.74, 6) is 1.03. The summed E-state index contributed by atoms with van der Waals surface area (Å²) in [4.78, 5) is 23.8. The van der Waals surface area contributed by atoms with Crippen LogP contribution in [0.4, 0.5) is 0 Å². The predicted molar refractivity (Wildman–Crippen MR) is 69.0 cm³/mol. The normalized spacial score (nSPS) is 11.3. The molecule has 1 aromatic carbocycles. The molecule has 0 aliphatic rings. The van der Waals surface area contributed by atoms with Crippen molar-refractivity contribution in [2.24, 2.45) is 5.92 Å². The van der Waals surface area contributed by atoms with Crippen LogP contribution in [0.15, 0.2) is 30.3 Å². The van der Waals surface area contributed by atoms with Gasteiger partial charge in [0, 0.05) is 12.0 Å². The first kappa shape index (κ1) is 14.0. The van der Waals surface area contributed by atoms with E-state index in [1.54, 1.807) is 24.3 Å². The van der Waals surface area contributed by atoms with E-state index in [0.717, 1.165) is 0 Å². The van der Waals surface area contributed by atoms with Crippen molar-refractivity contribution >= 4 is 11.8 Å². The molecule has 3 nitrogen and oxygen atoms in total. The fourth-order valence-corrected chi connectivity index (χ4v) is 1.71. The van der Waals surface area contributed by atoms with Crippen LogP contribution in [0.1, 0.15) is 29.6 Å². The number of hydrogen-bond acceptors (Lipinski definition) is 3. The molecule has 0 heterocycles. The number of esters is 1. The first-order valence-electron chi connectivity index (χ1n) is 5.81. The van der Waals surface area contributed by atoms with Crippen LogP contribution in [0, 0.1) is 18.3 Å². The molecule has 0 saturated heterocycles. The molecule has 1 aromatic rings. The van der Waals surface area contributed by atoms with Gasteiger partial charge < -0.3 is 4.74 Å². The van der Waals surface area contributed by atoms with Gasteiger partial charge in [-0.1, -0.05) is 30.3 Å². The number of benzene rings is 1. The smallest absolute Gasteiger partial charge is 0.316 e. The number of ether oxygens (including phenoxy) is 1. The molecule has 0 N–H and O–H groups in total. The molecule has 0 aromatic heterocycles. The molecule has 0 aliphatic heterocycles. The number of Topliss-reactive ketones (excluding diaryl/α,β-unsaturated/α-hetero) is 1. The summed E-state index contributed by atoms with van der Waals surface area (Å²) >= 11 is 0. The third kappa shape index (κ3) is 3.74. The molecule has 18 heavy (non-hydrogen) atoms. The summed E-state index contributed by atoms with van der Waals surface area (Å²) in [6.45, 7) is 0. The zero-order valence-electron chi connectivity index (χ0n) is 10.4. The molecule has 0 spiro atoms. The van der Waals surface area contributed by atoms with E-state index in [2.05, 4.69) is 10.7 Å². The van der Waals surface area contributed by atoms with Crippen molar-refractivity contribution in [1.29, 1.82) is 0 Å². The summed E-state index contributed by atoms with van der Waals surface area (Å²) in [5, 5.41) is 0. The van der Waals surface area contributed by atoms with Crippen LogP contribution in [0.2, 0.25) is 0 Å². The highest BCUT2D eigenvalue weighted by Crippen LogP contribution is 2.17. The van der Waals surface area contributed by atoms with Gasteiger partial charge in [-0.3, -0.25) is 9.59 Å². The minimum Gasteiger partial charge on any atom is -0.468 e. The lowest BCUT2D eigenvalue weighted by Gasteiger charge is -2.12. The van der Waals surface area contributed by atoms with Crippen molar-refractivity contribution in [3.8, 4) is 12.3 Å². The van der Waals surface area contributed by atoms with Gasteiger partial charge in [0.25, 0.3) is 0 Å². The number of ketones is 1. The number of carbonyl (C=O) groups is 2. The molecule has 0 amide bonds. The third-order valence-corrected chi connectivity index (χ3v) is 2.67. The lowest BCUT2D eigenvalue weighted by atomic mass is 9.93. The molecule has 94 valence electrons. The second-order valence-corrected chi connectivity index (χ2v) is 3.90. The molecule has 0 fully saturated rings. The maximum Gasteiger partial charge on any atom is 0.316 e. The maximum absolute atomic E-state index is 12.2. The molecule has 3 heteroatoms. The monoisotopic (exact) mass is 244 g/mol. The zero-order chi connectivity index (χ0) is 13.4. The van der Waals surface area contributed by atoms with E-state index in [1.165, 1.54) is 7.11 Å². The van der Waals surface area contributed by atoms with Gasteiger partial charge in [-0.05, 0) is 12.8 Å². The summed E-state index contributed by atoms with van der Waals surface area (Å²) in [6.07, 6.45) is 6.77. The van der Waals surface area contributed by atoms with Crippen LogP contribution in [0.3, 0.4) is 0 Å². The Morgan fingerprint density at radius 1 is 1.33 bits per heavy atom. The molecule has 1 unspecified atom stereocenters. The number of hydrogen-bond donors (Lipinski definition) is 0. The maximum atomic E-state index is 12.2. The average Bonchev–Trinajstić information content (AvgIpc) is 2.43. The van der Waals surface area contributed by atoms with Crippen molar-refractivity contribution in [2.75, 3.05) is 7.11 Å². The van der Waals surface area contributed by atoms with Gasteiger partial charge in [0.15, 0.2) is 5.78 Å². The summed E-state index contributed by atoms with van der Waals surface area (Å²) in [6, 6.07) is 8.74. The van der Waals surface area contributed by atoms with Gasteiger partial charge in [-0.2, -0.15) is 0 Å². The topological polar surface area (TPSA) is 43.4 Å². The first-order valence-corrected chi connectivity index (χ1v) is 5.81. The SMILES string of the molecule is C#CCCCC(C(=O)OC)C(=O)c1ccccc1. The van der Waals surface area contributed by atoms with Crippen LogP contribution in [-0.4, -0.2) is 18.9 Å². The number of terminal acetylenes is 1. The molecule has 1 atom stereocenters. The van der Waals surface area contributed by atoms with Gasteiger partial charge in [0.05, 0.1) is 7.11 Å². The minimum absolute atomic E-state index is 0.209. The van der Waals surface area contributed by atoms with E-state index in [-0.39, 0.29) is 5.78 Å². The van der Waals surface area contributed by atoms with Crippen LogP contribution < -0.4 is 0 Å². The average molecular weight is 244 g/mol. The quantitative estimate of drug-likeness (QED) is 0.254. The third-order valence-electron chi connectivity index (χ3n) is 2.67. The Labute approximate surface area is 107 Å². The van der Waals surface area contributed by atoms with Gasteiger partial charge in [-0.15, -0.1) is 12.3 Å². The first-order chi connectivity index (χ1) is 8.70.